The first-order chi connectivity index (χ1) is 16.1. The fourth-order valence-corrected chi connectivity index (χ4v) is 6.30. The second-order valence-electron chi connectivity index (χ2n) is 10.2. The number of aromatic nitrogens is 2. The van der Waals surface area contributed by atoms with Crippen molar-refractivity contribution in [1.29, 1.82) is 10.5 Å². The highest BCUT2D eigenvalue weighted by Crippen LogP contribution is 2.42. The van der Waals surface area contributed by atoms with Gasteiger partial charge >= 0.3 is 0 Å². The van der Waals surface area contributed by atoms with Crippen LogP contribution in [0.25, 0.3) is 5.57 Å². The summed E-state index contributed by atoms with van der Waals surface area (Å²) in [5.74, 6) is -0.0539. The van der Waals surface area contributed by atoms with Crippen molar-refractivity contribution in [2.45, 2.75) is 57.8 Å². The van der Waals surface area contributed by atoms with E-state index in [0.29, 0.717) is 0 Å². The topological polar surface area (TPSA) is 127 Å². The number of H-pyrrole nitrogens is 1. The Bertz CT molecular complexity index is 1340. The number of allylic oxidation sites excluding steroid dienone is 2. The number of hydrogen-bond acceptors (Lipinski definition) is 6. The highest BCUT2D eigenvalue weighted by atomic mass is 32.2. The minimum absolute atomic E-state index is 0.00668. The molecule has 1 aliphatic carbocycles. The molecule has 1 fully saturated rings. The number of nitrogens with one attached hydrogen (secondary N) is 1. The summed E-state index contributed by atoms with van der Waals surface area (Å²) in [4.78, 5) is 19.7. The van der Waals surface area contributed by atoms with Crippen LogP contribution in [0.5, 0.6) is 0 Å². The van der Waals surface area contributed by atoms with Gasteiger partial charge in [0.25, 0.3) is 0 Å². The third kappa shape index (κ3) is 4.83. The maximum atomic E-state index is 12.9. The summed E-state index contributed by atoms with van der Waals surface area (Å²) in [5, 5.41) is 19.1. The molecule has 2 aromatic rings. The number of nitrogens with zero attached hydrogens (tertiary/aromatic N) is 3. The average molecular weight is 477 g/mol. The van der Waals surface area contributed by atoms with E-state index in [1.807, 2.05) is 24.3 Å². The van der Waals surface area contributed by atoms with Gasteiger partial charge in [-0.25, -0.2) is 13.4 Å². The number of Topliss-reactive ketones (excluding diaryl/α,β-unsaturated/α-hetero) is 1. The predicted octanol–water partition coefficient (Wildman–Crippen LogP) is 4.27. The smallest absolute Gasteiger partial charge is 0.202 e. The van der Waals surface area contributed by atoms with Crippen LogP contribution >= 0.6 is 0 Å². The molecular weight excluding hydrogens is 448 g/mol. The molecule has 0 spiro atoms. The van der Waals surface area contributed by atoms with Gasteiger partial charge in [-0.05, 0) is 65.8 Å². The Labute approximate surface area is 200 Å². The molecule has 0 radical (unpaired) electrons. The van der Waals surface area contributed by atoms with Crippen molar-refractivity contribution < 1.29 is 13.2 Å². The minimum atomic E-state index is -3.11. The quantitative estimate of drug-likeness (QED) is 0.642. The van der Waals surface area contributed by atoms with E-state index < -0.39 is 15.3 Å². The van der Waals surface area contributed by atoms with Crippen molar-refractivity contribution in [2.24, 2.45) is 5.41 Å². The molecule has 1 N–H and O–H groups in total. The van der Waals surface area contributed by atoms with E-state index in [0.717, 1.165) is 41.5 Å². The average Bonchev–Trinajstić information content (AvgIpc) is 3.30. The lowest BCUT2D eigenvalue weighted by Gasteiger charge is -2.33. The zero-order chi connectivity index (χ0) is 24.6. The van der Waals surface area contributed by atoms with E-state index >= 15 is 0 Å². The molecule has 0 unspecified atom stereocenters. The zero-order valence-electron chi connectivity index (χ0n) is 19.5. The summed E-state index contributed by atoms with van der Waals surface area (Å²) in [7, 11) is -3.11. The van der Waals surface area contributed by atoms with Gasteiger partial charge in [0, 0.05) is 6.42 Å². The number of benzene rings is 1. The monoisotopic (exact) mass is 476 g/mol. The van der Waals surface area contributed by atoms with Crippen molar-refractivity contribution in [1.82, 2.24) is 9.97 Å². The second kappa shape index (κ2) is 8.85. The summed E-state index contributed by atoms with van der Waals surface area (Å²) >= 11 is 0. The maximum Gasteiger partial charge on any atom is 0.202 e. The molecular formula is C26H28N4O3S. The van der Waals surface area contributed by atoms with Gasteiger partial charge in [0.05, 0.1) is 29.2 Å². The fraction of sp³-hybridized carbons (Fsp3) is 0.462. The van der Waals surface area contributed by atoms with Crippen molar-refractivity contribution in [3.05, 3.63) is 58.7 Å². The van der Waals surface area contributed by atoms with E-state index in [1.54, 1.807) is 0 Å². The van der Waals surface area contributed by atoms with Crippen molar-refractivity contribution >= 4 is 21.2 Å². The molecule has 176 valence electrons. The molecule has 34 heavy (non-hydrogen) atoms. The summed E-state index contributed by atoms with van der Waals surface area (Å²) in [5.41, 5.74) is 3.34. The van der Waals surface area contributed by atoms with Crippen LogP contribution in [0.3, 0.4) is 0 Å². The van der Waals surface area contributed by atoms with Crippen LogP contribution in [-0.2, 0) is 21.7 Å². The van der Waals surface area contributed by atoms with Crippen LogP contribution in [0.4, 0.5) is 0 Å². The Balaban J connectivity index is 1.73. The first-order valence-electron chi connectivity index (χ1n) is 11.5. The third-order valence-corrected chi connectivity index (χ3v) is 8.84. The first kappa shape index (κ1) is 23.9. The zero-order valence-corrected chi connectivity index (χ0v) is 20.3. The number of carbonyl (C=O) groups is 1. The molecule has 1 aromatic carbocycles. The lowest BCUT2D eigenvalue weighted by atomic mass is 9.73. The van der Waals surface area contributed by atoms with Crippen LogP contribution < -0.4 is 0 Å². The first-order valence-corrected chi connectivity index (χ1v) is 13.3. The summed E-state index contributed by atoms with van der Waals surface area (Å²) in [6.45, 7) is 4.47. The third-order valence-electron chi connectivity index (χ3n) is 7.19. The molecule has 8 heteroatoms. The van der Waals surface area contributed by atoms with Gasteiger partial charge in [0.2, 0.25) is 5.78 Å². The summed E-state index contributed by atoms with van der Waals surface area (Å²) in [6, 6.07) is 10.1. The van der Waals surface area contributed by atoms with Gasteiger partial charge in [-0.2, -0.15) is 10.5 Å². The van der Waals surface area contributed by atoms with E-state index in [1.165, 1.54) is 6.20 Å². The largest absolute Gasteiger partial charge is 0.327 e. The molecule has 0 atom stereocenters. The number of aromatic amines is 1. The minimum Gasteiger partial charge on any atom is -0.327 e. The van der Waals surface area contributed by atoms with Gasteiger partial charge < -0.3 is 4.98 Å². The molecule has 2 heterocycles. The van der Waals surface area contributed by atoms with Gasteiger partial charge in [0.15, 0.2) is 5.82 Å². The van der Waals surface area contributed by atoms with E-state index in [9.17, 15) is 18.5 Å². The predicted molar refractivity (Wildman–Crippen MR) is 129 cm³/mol. The number of sulfone groups is 1. The highest BCUT2D eigenvalue weighted by Gasteiger charge is 2.39. The molecule has 1 aromatic heterocycles. The fourth-order valence-electron chi connectivity index (χ4n) is 4.78. The second-order valence-corrected chi connectivity index (χ2v) is 12.5. The van der Waals surface area contributed by atoms with Crippen LogP contribution in [0, 0.1) is 28.1 Å². The number of imidazole rings is 1. The molecule has 2 aliphatic rings. The van der Waals surface area contributed by atoms with Crippen LogP contribution in [0.15, 0.2) is 30.5 Å². The molecule has 7 nitrogen and oxygen atoms in total. The maximum absolute atomic E-state index is 12.9. The molecule has 0 bridgehead atoms. The Morgan fingerprint density at radius 3 is 2.50 bits per heavy atom. The molecule has 0 amide bonds. The normalized spacial score (nSPS) is 20.5. The van der Waals surface area contributed by atoms with Crippen molar-refractivity contribution in [2.75, 3.05) is 11.5 Å². The lowest BCUT2D eigenvalue weighted by molar-refractivity contribution is 0.0984. The Morgan fingerprint density at radius 1 is 1.18 bits per heavy atom. The standard InChI is InChI=1S/C26H28N4O3S/c1-25(2)7-5-18(6-8-25)22-14-20(26(17-28)9-11-34(32,33)12-10-26)4-3-19(22)13-23(31)24-29-16-21(15-27)30-24/h3-5,14,16H,6-13H2,1-2H3,(H,29,30). The Kier molecular flexibility index (Phi) is 6.22. The Morgan fingerprint density at radius 2 is 1.91 bits per heavy atom. The highest BCUT2D eigenvalue weighted by molar-refractivity contribution is 7.91. The van der Waals surface area contributed by atoms with E-state index in [-0.39, 0.29) is 53.5 Å². The van der Waals surface area contributed by atoms with Gasteiger partial charge in [0.1, 0.15) is 21.6 Å². The van der Waals surface area contributed by atoms with Crippen molar-refractivity contribution in [3.63, 3.8) is 0 Å². The molecule has 1 aliphatic heterocycles. The number of hydrogen-bond donors (Lipinski definition) is 1. The van der Waals surface area contributed by atoms with Crippen LogP contribution in [0.1, 0.15) is 79.0 Å². The van der Waals surface area contributed by atoms with E-state index in [2.05, 4.69) is 36.0 Å². The number of nitriles is 2. The Hall–Kier alpha value is -3.23. The SMILES string of the molecule is CC1(C)CC=C(c2cc(C3(C#N)CCS(=O)(=O)CC3)ccc2CC(=O)c2ncc(C#N)[nH]2)CC1. The van der Waals surface area contributed by atoms with Crippen LogP contribution in [-0.4, -0.2) is 35.7 Å². The number of rotatable bonds is 5. The van der Waals surface area contributed by atoms with Crippen molar-refractivity contribution in [3.8, 4) is 12.1 Å². The van der Waals surface area contributed by atoms with Crippen LogP contribution in [0.2, 0.25) is 0 Å². The van der Waals surface area contributed by atoms with E-state index in [4.69, 9.17) is 5.26 Å². The summed E-state index contributed by atoms with van der Waals surface area (Å²) < 4.78 is 24.0. The molecule has 0 saturated carbocycles. The molecule has 1 saturated heterocycles. The summed E-state index contributed by atoms with van der Waals surface area (Å²) in [6.07, 6.45) is 7.04. The number of ketones is 1. The lowest BCUT2D eigenvalue weighted by Crippen LogP contribution is -2.36. The molecule has 4 rings (SSSR count). The number of carbonyl (C=O) groups excluding carboxylic acids is 1. The van der Waals surface area contributed by atoms with Gasteiger partial charge in [-0.15, -0.1) is 0 Å². The van der Waals surface area contributed by atoms with Gasteiger partial charge in [-0.3, -0.25) is 4.79 Å². The van der Waals surface area contributed by atoms with Gasteiger partial charge in [-0.1, -0.05) is 32.1 Å².